The summed E-state index contributed by atoms with van der Waals surface area (Å²) in [6.07, 6.45) is 0.818. The zero-order chi connectivity index (χ0) is 22.5. The van der Waals surface area contributed by atoms with Crippen molar-refractivity contribution >= 4 is 22.8 Å². The average molecular weight is 432 g/mol. The van der Waals surface area contributed by atoms with Gasteiger partial charge >= 0.3 is 5.69 Å². The van der Waals surface area contributed by atoms with Crippen molar-refractivity contribution in [3.05, 3.63) is 55.2 Å². The monoisotopic (exact) mass is 432 g/mol. The fourth-order valence-electron chi connectivity index (χ4n) is 3.04. The van der Waals surface area contributed by atoms with Crippen LogP contribution in [0.5, 0.6) is 5.75 Å². The summed E-state index contributed by atoms with van der Waals surface area (Å²) in [5.41, 5.74) is -0.876. The lowest BCUT2D eigenvalue weighted by atomic mass is 10.3. The van der Waals surface area contributed by atoms with Crippen LogP contribution in [0.25, 0.3) is 11.2 Å². The van der Waals surface area contributed by atoms with Gasteiger partial charge in [-0.3, -0.25) is 24.5 Å². The molecule has 0 aliphatic carbocycles. The van der Waals surface area contributed by atoms with Gasteiger partial charge in [0.25, 0.3) is 11.2 Å². The number of aryl methyl sites for hydroxylation is 1. The lowest BCUT2D eigenvalue weighted by Gasteiger charge is -2.15. The number of nitrogens with one attached hydrogen (secondary N) is 2. The van der Waals surface area contributed by atoms with Gasteiger partial charge in [0.05, 0.1) is 11.5 Å². The van der Waals surface area contributed by atoms with E-state index >= 15 is 0 Å². The van der Waals surface area contributed by atoms with E-state index in [-0.39, 0.29) is 30.0 Å². The second-order valence-electron chi connectivity index (χ2n) is 7.03. The van der Waals surface area contributed by atoms with Crippen molar-refractivity contribution in [2.45, 2.75) is 32.4 Å². The molecule has 166 valence electrons. The summed E-state index contributed by atoms with van der Waals surface area (Å²) < 4.78 is 8.26. The Hall–Kier alpha value is -3.67. The van der Waals surface area contributed by atoms with Gasteiger partial charge in [-0.2, -0.15) is 4.98 Å². The number of aromatic amines is 1. The first kappa shape index (κ1) is 22.0. The minimum atomic E-state index is -1.02. The average Bonchev–Trinajstić information content (AvgIpc) is 3.10. The van der Waals surface area contributed by atoms with Crippen LogP contribution in [0, 0.1) is 10.1 Å². The van der Waals surface area contributed by atoms with Crippen molar-refractivity contribution < 1.29 is 14.8 Å². The van der Waals surface area contributed by atoms with Crippen LogP contribution in [0.2, 0.25) is 0 Å². The van der Waals surface area contributed by atoms with Gasteiger partial charge in [-0.05, 0) is 18.6 Å². The number of aliphatic hydroxyl groups excluding tert-OH is 1. The second kappa shape index (κ2) is 9.43. The van der Waals surface area contributed by atoms with Gasteiger partial charge < -0.3 is 19.7 Å². The highest BCUT2D eigenvalue weighted by Gasteiger charge is 2.20. The number of ether oxygens (including phenoxy) is 1. The van der Waals surface area contributed by atoms with Gasteiger partial charge in [-0.1, -0.05) is 13.3 Å². The number of benzene rings is 1. The first-order valence-corrected chi connectivity index (χ1v) is 9.80. The predicted octanol–water partition coefficient (Wildman–Crippen LogP) is 0.983. The summed E-state index contributed by atoms with van der Waals surface area (Å²) in [7, 11) is 1.50. The molecule has 1 aromatic carbocycles. The number of hydrogen-bond acceptors (Lipinski definition) is 8. The lowest BCUT2D eigenvalue weighted by Crippen LogP contribution is -2.31. The van der Waals surface area contributed by atoms with Crippen LogP contribution in [0.1, 0.15) is 19.8 Å². The molecule has 0 unspecified atom stereocenters. The molecule has 0 bridgehead atoms. The zero-order valence-electron chi connectivity index (χ0n) is 17.2. The number of non-ortho nitro benzene ring substituents is 1. The molecule has 0 saturated carbocycles. The molecule has 0 fully saturated rings. The fourth-order valence-corrected chi connectivity index (χ4v) is 3.04. The topological polar surface area (TPSA) is 157 Å². The number of H-pyrrole nitrogens is 1. The maximum absolute atomic E-state index is 12.4. The van der Waals surface area contributed by atoms with E-state index in [0.29, 0.717) is 18.2 Å². The van der Waals surface area contributed by atoms with Crippen molar-refractivity contribution in [2.24, 2.45) is 7.05 Å². The van der Waals surface area contributed by atoms with Crippen molar-refractivity contribution in [1.29, 1.82) is 0 Å². The number of nitro benzene ring substituents is 1. The molecule has 0 amide bonds. The van der Waals surface area contributed by atoms with E-state index in [1.165, 1.54) is 40.4 Å². The van der Waals surface area contributed by atoms with E-state index in [9.17, 15) is 24.8 Å². The van der Waals surface area contributed by atoms with Crippen LogP contribution in [0.4, 0.5) is 11.6 Å². The molecule has 1 atom stereocenters. The molecule has 0 aliphatic heterocycles. The number of nitro groups is 1. The molecular formula is C19H24N6O6. The molecule has 0 saturated heterocycles. The van der Waals surface area contributed by atoms with Crippen LogP contribution in [-0.2, 0) is 13.6 Å². The normalized spacial score (nSPS) is 12.1. The molecule has 3 N–H and O–H groups in total. The number of anilines is 1. The number of unbranched alkanes of at least 4 members (excludes halogenated alkanes) is 1. The number of aliphatic hydroxyl groups is 1. The Morgan fingerprint density at radius 2 is 2.03 bits per heavy atom. The third kappa shape index (κ3) is 4.91. The molecule has 3 rings (SSSR count). The van der Waals surface area contributed by atoms with Crippen molar-refractivity contribution in [1.82, 2.24) is 19.1 Å². The summed E-state index contributed by atoms with van der Waals surface area (Å²) in [6, 6.07) is 5.49. The summed E-state index contributed by atoms with van der Waals surface area (Å²) in [6.45, 7) is 2.52. The van der Waals surface area contributed by atoms with Crippen molar-refractivity contribution in [3.8, 4) is 5.75 Å². The Kier molecular flexibility index (Phi) is 6.70. The number of rotatable bonds is 10. The van der Waals surface area contributed by atoms with Crippen molar-refractivity contribution in [2.75, 3.05) is 18.5 Å². The van der Waals surface area contributed by atoms with Gasteiger partial charge in [-0.15, -0.1) is 0 Å². The summed E-state index contributed by atoms with van der Waals surface area (Å²) in [5.74, 6) is 0.728. The molecule has 0 radical (unpaired) electrons. The molecule has 2 heterocycles. The van der Waals surface area contributed by atoms with E-state index < -0.39 is 22.3 Å². The van der Waals surface area contributed by atoms with Gasteiger partial charge in [-0.25, -0.2) is 4.79 Å². The molecule has 12 heteroatoms. The highest BCUT2D eigenvalue weighted by atomic mass is 16.6. The number of fused-ring (bicyclic) bond motifs is 1. The first-order chi connectivity index (χ1) is 14.8. The molecule has 0 spiro atoms. The van der Waals surface area contributed by atoms with Crippen LogP contribution >= 0.6 is 0 Å². The molecule has 31 heavy (non-hydrogen) atoms. The van der Waals surface area contributed by atoms with Crippen LogP contribution in [0.15, 0.2) is 33.9 Å². The summed E-state index contributed by atoms with van der Waals surface area (Å²) in [4.78, 5) is 41.2. The van der Waals surface area contributed by atoms with Gasteiger partial charge in [0, 0.05) is 25.7 Å². The van der Waals surface area contributed by atoms with E-state index in [0.717, 1.165) is 12.8 Å². The number of aromatic nitrogens is 4. The number of hydrogen-bond donors (Lipinski definition) is 3. The minimum Gasteiger partial charge on any atom is -0.491 e. The smallest absolute Gasteiger partial charge is 0.329 e. The summed E-state index contributed by atoms with van der Waals surface area (Å²) in [5, 5.41) is 24.4. The molecule has 12 nitrogen and oxygen atoms in total. The van der Waals surface area contributed by atoms with Crippen LogP contribution < -0.4 is 21.3 Å². The van der Waals surface area contributed by atoms with Gasteiger partial charge in [0.2, 0.25) is 5.95 Å². The Morgan fingerprint density at radius 3 is 2.68 bits per heavy atom. The zero-order valence-corrected chi connectivity index (χ0v) is 17.2. The van der Waals surface area contributed by atoms with Crippen LogP contribution in [-0.4, -0.2) is 48.4 Å². The highest BCUT2D eigenvalue weighted by Crippen LogP contribution is 2.19. The SMILES string of the molecule is CCCCNc1nc2c(c(=O)[nH]c(=O)n2C)n1C[C@H](O)COc1ccc([N+](=O)[O-])cc1. The third-order valence-electron chi connectivity index (χ3n) is 4.70. The summed E-state index contributed by atoms with van der Waals surface area (Å²) >= 11 is 0. The maximum Gasteiger partial charge on any atom is 0.329 e. The molecular weight excluding hydrogens is 408 g/mol. The Balaban J connectivity index is 1.82. The van der Waals surface area contributed by atoms with Gasteiger partial charge in [0.15, 0.2) is 11.2 Å². The first-order valence-electron chi connectivity index (χ1n) is 9.80. The van der Waals surface area contributed by atoms with E-state index in [2.05, 4.69) is 15.3 Å². The van der Waals surface area contributed by atoms with Crippen molar-refractivity contribution in [3.63, 3.8) is 0 Å². The maximum atomic E-state index is 12.4. The Labute approximate surface area is 176 Å². The molecule has 0 aliphatic rings. The van der Waals surface area contributed by atoms with Gasteiger partial charge in [0.1, 0.15) is 18.5 Å². The fraction of sp³-hybridized carbons (Fsp3) is 0.421. The third-order valence-corrected chi connectivity index (χ3v) is 4.70. The molecule has 3 aromatic rings. The Morgan fingerprint density at radius 1 is 1.32 bits per heavy atom. The standard InChI is InChI=1S/C19H24N6O6/c1-3-4-9-20-18-21-16-15(17(27)22-19(28)23(16)2)24(18)10-13(26)11-31-14-7-5-12(6-8-14)25(29)30/h5-8,13,26H,3-4,9-11H2,1-2H3,(H,20,21)(H,22,27,28)/t13-/m0/s1. The highest BCUT2D eigenvalue weighted by molar-refractivity contribution is 5.74. The molecule has 2 aromatic heterocycles. The largest absolute Gasteiger partial charge is 0.491 e. The predicted molar refractivity (Wildman–Crippen MR) is 114 cm³/mol. The lowest BCUT2D eigenvalue weighted by molar-refractivity contribution is -0.384. The number of nitrogens with zero attached hydrogens (tertiary/aromatic N) is 4. The minimum absolute atomic E-state index is 0.0147. The Bertz CT molecular complexity index is 1180. The van der Waals surface area contributed by atoms with E-state index in [4.69, 9.17) is 4.74 Å². The second-order valence-corrected chi connectivity index (χ2v) is 7.03. The van der Waals surface area contributed by atoms with Crippen LogP contribution in [0.3, 0.4) is 0 Å². The van der Waals surface area contributed by atoms with E-state index in [1.54, 1.807) is 0 Å². The quantitative estimate of drug-likeness (QED) is 0.243. The van der Waals surface area contributed by atoms with E-state index in [1.807, 2.05) is 6.92 Å². The number of imidazole rings is 1.